The normalized spacial score (nSPS) is 16.2. The van der Waals surface area contributed by atoms with Crippen LogP contribution in [-0.2, 0) is 6.42 Å². The monoisotopic (exact) mass is 266 g/mol. The molecule has 0 atom stereocenters. The van der Waals surface area contributed by atoms with Gasteiger partial charge in [0.1, 0.15) is 5.75 Å². The maximum atomic E-state index is 10.1. The molecule has 2 aromatic carbocycles. The number of hydrogen-bond acceptors (Lipinski definition) is 1. The highest BCUT2D eigenvalue weighted by Gasteiger charge is 2.16. The van der Waals surface area contributed by atoms with Crippen molar-refractivity contribution in [1.82, 2.24) is 0 Å². The van der Waals surface area contributed by atoms with Crippen molar-refractivity contribution in [3.63, 3.8) is 0 Å². The van der Waals surface area contributed by atoms with Crippen LogP contribution in [-0.4, -0.2) is 5.11 Å². The van der Waals surface area contributed by atoms with Gasteiger partial charge in [-0.1, -0.05) is 68.5 Å². The standard InChI is InChI=1S/C19H22O/c20-19-12-11-17(16-9-5-2-6-10-16)14-18(19)13-15-7-3-1-4-8-15/h2,5-6,9-12,14-15,20H,1,3-4,7-8,13H2. The quantitative estimate of drug-likeness (QED) is 0.811. The molecule has 1 heteroatoms. The second-order valence-corrected chi connectivity index (χ2v) is 5.92. The smallest absolute Gasteiger partial charge is 0.118 e. The van der Waals surface area contributed by atoms with Crippen LogP contribution in [0.3, 0.4) is 0 Å². The Labute approximate surface area is 121 Å². The van der Waals surface area contributed by atoms with Gasteiger partial charge in [-0.05, 0) is 41.2 Å². The minimum atomic E-state index is 0.454. The van der Waals surface area contributed by atoms with Gasteiger partial charge in [0, 0.05) is 0 Å². The average molecular weight is 266 g/mol. The predicted molar refractivity (Wildman–Crippen MR) is 83.8 cm³/mol. The molecule has 1 nitrogen and oxygen atoms in total. The Kier molecular flexibility index (Phi) is 4.05. The zero-order valence-electron chi connectivity index (χ0n) is 11.9. The molecule has 0 bridgehead atoms. The van der Waals surface area contributed by atoms with E-state index < -0.39 is 0 Å². The highest BCUT2D eigenvalue weighted by molar-refractivity contribution is 5.65. The van der Waals surface area contributed by atoms with E-state index in [2.05, 4.69) is 30.3 Å². The number of benzene rings is 2. The molecule has 0 aliphatic heterocycles. The largest absolute Gasteiger partial charge is 0.508 e. The first kappa shape index (κ1) is 13.2. The average Bonchev–Trinajstić information content (AvgIpc) is 2.51. The topological polar surface area (TPSA) is 20.2 Å². The Bertz CT molecular complexity index is 553. The molecule has 0 radical (unpaired) electrons. The zero-order valence-corrected chi connectivity index (χ0v) is 11.9. The van der Waals surface area contributed by atoms with Crippen molar-refractivity contribution in [2.24, 2.45) is 5.92 Å². The SMILES string of the molecule is Oc1ccc(-c2ccccc2)cc1CC1CCCCC1. The fourth-order valence-electron chi connectivity index (χ4n) is 3.26. The third kappa shape index (κ3) is 3.04. The van der Waals surface area contributed by atoms with Crippen LogP contribution < -0.4 is 0 Å². The van der Waals surface area contributed by atoms with Gasteiger partial charge in [-0.3, -0.25) is 0 Å². The van der Waals surface area contributed by atoms with Gasteiger partial charge in [0.2, 0.25) is 0 Å². The van der Waals surface area contributed by atoms with Gasteiger partial charge in [0.15, 0.2) is 0 Å². The first-order valence-corrected chi connectivity index (χ1v) is 7.70. The molecule has 1 aliphatic carbocycles. The number of phenols is 1. The molecule has 0 saturated heterocycles. The van der Waals surface area contributed by atoms with E-state index in [4.69, 9.17) is 0 Å². The van der Waals surface area contributed by atoms with E-state index in [0.717, 1.165) is 17.9 Å². The molecule has 0 spiro atoms. The first-order valence-electron chi connectivity index (χ1n) is 7.70. The minimum Gasteiger partial charge on any atom is -0.508 e. The Morgan fingerprint density at radius 3 is 2.35 bits per heavy atom. The van der Waals surface area contributed by atoms with E-state index in [1.54, 1.807) is 0 Å². The summed E-state index contributed by atoms with van der Waals surface area (Å²) in [7, 11) is 0. The van der Waals surface area contributed by atoms with Crippen LogP contribution in [0.1, 0.15) is 37.7 Å². The van der Waals surface area contributed by atoms with Crippen molar-refractivity contribution in [1.29, 1.82) is 0 Å². The maximum Gasteiger partial charge on any atom is 0.118 e. The van der Waals surface area contributed by atoms with Crippen molar-refractivity contribution >= 4 is 0 Å². The molecule has 2 aromatic rings. The number of phenolic OH excluding ortho intramolecular Hbond substituents is 1. The lowest BCUT2D eigenvalue weighted by molar-refractivity contribution is 0.351. The molecule has 1 aliphatic rings. The minimum absolute atomic E-state index is 0.454. The molecule has 1 fully saturated rings. The van der Waals surface area contributed by atoms with Crippen LogP contribution >= 0.6 is 0 Å². The van der Waals surface area contributed by atoms with Gasteiger partial charge in [0.05, 0.1) is 0 Å². The summed E-state index contributed by atoms with van der Waals surface area (Å²) >= 11 is 0. The maximum absolute atomic E-state index is 10.1. The molecule has 0 unspecified atom stereocenters. The van der Waals surface area contributed by atoms with Crippen molar-refractivity contribution in [3.8, 4) is 16.9 Å². The van der Waals surface area contributed by atoms with Gasteiger partial charge in [0.25, 0.3) is 0 Å². The highest BCUT2D eigenvalue weighted by Crippen LogP contribution is 2.32. The van der Waals surface area contributed by atoms with Crippen molar-refractivity contribution in [2.75, 3.05) is 0 Å². The highest BCUT2D eigenvalue weighted by atomic mass is 16.3. The van der Waals surface area contributed by atoms with Crippen molar-refractivity contribution < 1.29 is 5.11 Å². The summed E-state index contributed by atoms with van der Waals surface area (Å²) in [6.45, 7) is 0. The fourth-order valence-corrected chi connectivity index (χ4v) is 3.26. The summed E-state index contributed by atoms with van der Waals surface area (Å²) in [6.07, 6.45) is 7.73. The molecule has 1 N–H and O–H groups in total. The third-order valence-corrected chi connectivity index (χ3v) is 4.42. The summed E-state index contributed by atoms with van der Waals surface area (Å²) in [5.41, 5.74) is 3.53. The van der Waals surface area contributed by atoms with Crippen LogP contribution in [0, 0.1) is 5.92 Å². The van der Waals surface area contributed by atoms with E-state index in [-0.39, 0.29) is 0 Å². The van der Waals surface area contributed by atoms with Crippen LogP contribution in [0.2, 0.25) is 0 Å². The molecular formula is C19H22O. The van der Waals surface area contributed by atoms with E-state index in [0.29, 0.717) is 5.75 Å². The van der Waals surface area contributed by atoms with Crippen molar-refractivity contribution in [2.45, 2.75) is 38.5 Å². The van der Waals surface area contributed by atoms with E-state index in [9.17, 15) is 5.11 Å². The van der Waals surface area contributed by atoms with Gasteiger partial charge < -0.3 is 5.11 Å². The molecule has 1 saturated carbocycles. The first-order chi connectivity index (χ1) is 9.83. The Hall–Kier alpha value is -1.76. The zero-order chi connectivity index (χ0) is 13.8. The van der Waals surface area contributed by atoms with Crippen LogP contribution in [0.15, 0.2) is 48.5 Å². The van der Waals surface area contributed by atoms with Gasteiger partial charge in [-0.25, -0.2) is 0 Å². The van der Waals surface area contributed by atoms with E-state index in [1.165, 1.54) is 43.2 Å². The summed E-state index contributed by atoms with van der Waals surface area (Å²) < 4.78 is 0. The molecule has 0 heterocycles. The Morgan fingerprint density at radius 2 is 1.60 bits per heavy atom. The lowest BCUT2D eigenvalue weighted by Crippen LogP contribution is -2.09. The number of rotatable bonds is 3. The van der Waals surface area contributed by atoms with Crippen LogP contribution in [0.5, 0.6) is 5.75 Å². The second-order valence-electron chi connectivity index (χ2n) is 5.92. The Morgan fingerprint density at radius 1 is 0.850 bits per heavy atom. The summed E-state index contributed by atoms with van der Waals surface area (Å²) in [5.74, 6) is 1.20. The molecule has 3 rings (SSSR count). The molecule has 0 aromatic heterocycles. The number of aromatic hydroxyl groups is 1. The summed E-state index contributed by atoms with van der Waals surface area (Å²) in [4.78, 5) is 0. The lowest BCUT2D eigenvalue weighted by Gasteiger charge is -2.22. The van der Waals surface area contributed by atoms with Crippen LogP contribution in [0.4, 0.5) is 0 Å². The third-order valence-electron chi connectivity index (χ3n) is 4.42. The summed E-state index contributed by atoms with van der Waals surface area (Å²) in [6, 6.07) is 16.4. The molecule has 0 amide bonds. The predicted octanol–water partition coefficient (Wildman–Crippen LogP) is 5.18. The van der Waals surface area contributed by atoms with Gasteiger partial charge in [-0.15, -0.1) is 0 Å². The molecular weight excluding hydrogens is 244 g/mol. The second kappa shape index (κ2) is 6.13. The van der Waals surface area contributed by atoms with Crippen LogP contribution in [0.25, 0.3) is 11.1 Å². The summed E-state index contributed by atoms with van der Waals surface area (Å²) in [5, 5.41) is 10.1. The van der Waals surface area contributed by atoms with E-state index in [1.807, 2.05) is 18.2 Å². The number of hydrogen-bond donors (Lipinski definition) is 1. The van der Waals surface area contributed by atoms with E-state index >= 15 is 0 Å². The molecule has 20 heavy (non-hydrogen) atoms. The lowest BCUT2D eigenvalue weighted by atomic mass is 9.84. The van der Waals surface area contributed by atoms with Gasteiger partial charge >= 0.3 is 0 Å². The van der Waals surface area contributed by atoms with Gasteiger partial charge in [-0.2, -0.15) is 0 Å². The molecule has 104 valence electrons. The fraction of sp³-hybridized carbons (Fsp3) is 0.368. The van der Waals surface area contributed by atoms with Crippen molar-refractivity contribution in [3.05, 3.63) is 54.1 Å². The Balaban J connectivity index is 1.83.